The third kappa shape index (κ3) is 5.71. The summed E-state index contributed by atoms with van der Waals surface area (Å²) in [5.74, 6) is 0.000204. The first-order chi connectivity index (χ1) is 10.7. The minimum atomic E-state index is -0.160. The molecular formula is C13H23N5O2S2. The molecule has 1 atom stereocenters. The molecule has 1 aliphatic rings. The number of hydrogen-bond acceptors (Lipinski definition) is 8. The van der Waals surface area contributed by atoms with Gasteiger partial charge in [0.15, 0.2) is 4.34 Å². The van der Waals surface area contributed by atoms with Crippen molar-refractivity contribution >= 4 is 34.1 Å². The summed E-state index contributed by atoms with van der Waals surface area (Å²) in [6.45, 7) is 7.54. The first-order valence-electron chi connectivity index (χ1n) is 7.45. The molecule has 7 nitrogen and oxygen atoms in total. The number of aromatic nitrogens is 2. The Bertz CT molecular complexity index is 465. The number of morpholine rings is 1. The Balaban J connectivity index is 1.65. The van der Waals surface area contributed by atoms with Crippen LogP contribution in [0, 0.1) is 0 Å². The van der Waals surface area contributed by atoms with Crippen molar-refractivity contribution in [1.29, 1.82) is 0 Å². The first kappa shape index (κ1) is 17.5. The van der Waals surface area contributed by atoms with E-state index in [4.69, 9.17) is 4.74 Å². The van der Waals surface area contributed by atoms with Gasteiger partial charge in [-0.15, -0.1) is 10.2 Å². The molecule has 1 fully saturated rings. The Kier molecular flexibility index (Phi) is 7.37. The Hall–Kier alpha value is -0.900. The van der Waals surface area contributed by atoms with Gasteiger partial charge in [0.05, 0.1) is 18.5 Å². The van der Waals surface area contributed by atoms with E-state index in [-0.39, 0.29) is 11.2 Å². The molecule has 0 saturated carbocycles. The van der Waals surface area contributed by atoms with Crippen LogP contribution in [-0.4, -0.2) is 72.7 Å². The number of carbonyl (C=O) groups excluding carboxylic acids is 1. The first-order valence-corrected chi connectivity index (χ1v) is 9.14. The zero-order chi connectivity index (χ0) is 15.8. The van der Waals surface area contributed by atoms with Crippen LogP contribution in [0.2, 0.25) is 0 Å². The Labute approximate surface area is 139 Å². The van der Waals surface area contributed by atoms with E-state index in [1.165, 1.54) is 23.1 Å². The van der Waals surface area contributed by atoms with Crippen LogP contribution in [0.1, 0.15) is 13.3 Å². The van der Waals surface area contributed by atoms with Crippen molar-refractivity contribution in [3.05, 3.63) is 0 Å². The predicted octanol–water partition coefficient (Wildman–Crippen LogP) is 0.899. The minimum absolute atomic E-state index is 0.000204. The summed E-state index contributed by atoms with van der Waals surface area (Å²) in [6, 6.07) is 0. The fourth-order valence-electron chi connectivity index (χ4n) is 2.06. The third-order valence-corrected chi connectivity index (χ3v) is 5.40. The molecule has 2 heterocycles. The topological polar surface area (TPSA) is 79.4 Å². The number of amides is 1. The maximum absolute atomic E-state index is 11.5. The molecule has 0 unspecified atom stereocenters. The Morgan fingerprint density at radius 2 is 2.23 bits per heavy atom. The standard InChI is InChI=1S/C13H23N5O2S2/c1-10(11(19)14-2)21-13-17-16-12(22-13)15-4-3-5-18-6-8-20-9-7-18/h10H,3-9H2,1-2H3,(H,14,19)(H,15,16)/t10-/m0/s1. The average molecular weight is 345 g/mol. The number of anilines is 1. The lowest BCUT2D eigenvalue weighted by Crippen LogP contribution is -2.37. The van der Waals surface area contributed by atoms with Crippen molar-refractivity contribution in [3.8, 4) is 0 Å². The van der Waals surface area contributed by atoms with E-state index in [0.717, 1.165) is 55.3 Å². The van der Waals surface area contributed by atoms with E-state index in [0.29, 0.717) is 0 Å². The van der Waals surface area contributed by atoms with E-state index in [2.05, 4.69) is 25.7 Å². The smallest absolute Gasteiger partial charge is 0.233 e. The van der Waals surface area contributed by atoms with Crippen molar-refractivity contribution < 1.29 is 9.53 Å². The van der Waals surface area contributed by atoms with Crippen LogP contribution in [0.4, 0.5) is 5.13 Å². The van der Waals surface area contributed by atoms with Crippen LogP contribution >= 0.6 is 23.1 Å². The highest BCUT2D eigenvalue weighted by Crippen LogP contribution is 2.28. The van der Waals surface area contributed by atoms with Crippen LogP contribution in [0.15, 0.2) is 4.34 Å². The fourth-order valence-corrected chi connectivity index (χ4v) is 4.04. The molecule has 0 aliphatic carbocycles. The summed E-state index contributed by atoms with van der Waals surface area (Å²) in [5, 5.41) is 14.8. The van der Waals surface area contributed by atoms with E-state index in [1.807, 2.05) is 6.92 Å². The van der Waals surface area contributed by atoms with Gasteiger partial charge in [-0.05, 0) is 19.9 Å². The fraction of sp³-hybridized carbons (Fsp3) is 0.769. The lowest BCUT2D eigenvalue weighted by molar-refractivity contribution is -0.119. The molecule has 1 aromatic rings. The number of rotatable bonds is 8. The zero-order valence-corrected chi connectivity index (χ0v) is 14.6. The maximum atomic E-state index is 11.5. The molecule has 1 saturated heterocycles. The second-order valence-corrected chi connectivity index (χ2v) is 7.55. The number of hydrogen-bond donors (Lipinski definition) is 2. The van der Waals surface area contributed by atoms with Gasteiger partial charge in [-0.2, -0.15) is 0 Å². The Morgan fingerprint density at radius 1 is 1.45 bits per heavy atom. The third-order valence-electron chi connectivity index (χ3n) is 3.33. The molecule has 124 valence electrons. The molecule has 9 heteroatoms. The quantitative estimate of drug-likeness (QED) is 0.535. The van der Waals surface area contributed by atoms with Gasteiger partial charge in [0.2, 0.25) is 11.0 Å². The molecular weight excluding hydrogens is 322 g/mol. The van der Waals surface area contributed by atoms with E-state index < -0.39 is 0 Å². The predicted molar refractivity (Wildman–Crippen MR) is 89.7 cm³/mol. The van der Waals surface area contributed by atoms with Gasteiger partial charge in [0.1, 0.15) is 0 Å². The molecule has 2 N–H and O–H groups in total. The summed E-state index contributed by atoms with van der Waals surface area (Å²) in [6.07, 6.45) is 1.07. The van der Waals surface area contributed by atoms with Crippen molar-refractivity contribution in [2.75, 3.05) is 51.8 Å². The molecule has 0 bridgehead atoms. The van der Waals surface area contributed by atoms with Gasteiger partial charge in [0, 0.05) is 26.7 Å². The SMILES string of the molecule is CNC(=O)[C@H](C)Sc1nnc(NCCCN2CCOCC2)s1. The second-order valence-electron chi connectivity index (χ2n) is 4.98. The van der Waals surface area contributed by atoms with Crippen LogP contribution in [0.25, 0.3) is 0 Å². The summed E-state index contributed by atoms with van der Waals surface area (Å²) in [5.41, 5.74) is 0. The zero-order valence-electron chi connectivity index (χ0n) is 13.0. The van der Waals surface area contributed by atoms with Crippen molar-refractivity contribution in [1.82, 2.24) is 20.4 Å². The second kappa shape index (κ2) is 9.29. The Morgan fingerprint density at radius 3 is 2.95 bits per heavy atom. The van der Waals surface area contributed by atoms with Gasteiger partial charge in [-0.25, -0.2) is 0 Å². The van der Waals surface area contributed by atoms with Crippen molar-refractivity contribution in [2.45, 2.75) is 22.9 Å². The average Bonchev–Trinajstić information content (AvgIpc) is 2.99. The highest BCUT2D eigenvalue weighted by Gasteiger charge is 2.15. The summed E-state index contributed by atoms with van der Waals surface area (Å²) >= 11 is 2.92. The summed E-state index contributed by atoms with van der Waals surface area (Å²) in [4.78, 5) is 13.9. The number of nitrogens with one attached hydrogen (secondary N) is 2. The van der Waals surface area contributed by atoms with Gasteiger partial charge in [-0.1, -0.05) is 23.1 Å². The van der Waals surface area contributed by atoms with Crippen LogP contribution in [0.3, 0.4) is 0 Å². The number of ether oxygens (including phenoxy) is 1. The maximum Gasteiger partial charge on any atom is 0.233 e. The largest absolute Gasteiger partial charge is 0.379 e. The number of thioether (sulfide) groups is 1. The van der Waals surface area contributed by atoms with Gasteiger partial charge < -0.3 is 15.4 Å². The lowest BCUT2D eigenvalue weighted by Gasteiger charge is -2.26. The molecule has 1 amide bonds. The molecule has 0 spiro atoms. The number of carbonyl (C=O) groups is 1. The number of nitrogens with zero attached hydrogens (tertiary/aromatic N) is 3. The summed E-state index contributed by atoms with van der Waals surface area (Å²) < 4.78 is 6.14. The van der Waals surface area contributed by atoms with Gasteiger partial charge in [-0.3, -0.25) is 9.69 Å². The van der Waals surface area contributed by atoms with Crippen LogP contribution in [-0.2, 0) is 9.53 Å². The van der Waals surface area contributed by atoms with E-state index >= 15 is 0 Å². The van der Waals surface area contributed by atoms with Crippen LogP contribution < -0.4 is 10.6 Å². The van der Waals surface area contributed by atoms with Crippen LogP contribution in [0.5, 0.6) is 0 Å². The van der Waals surface area contributed by atoms with E-state index in [1.54, 1.807) is 7.05 Å². The van der Waals surface area contributed by atoms with Crippen molar-refractivity contribution in [3.63, 3.8) is 0 Å². The normalized spacial score (nSPS) is 17.2. The molecule has 2 rings (SSSR count). The molecule has 1 aliphatic heterocycles. The van der Waals surface area contributed by atoms with Gasteiger partial charge >= 0.3 is 0 Å². The minimum Gasteiger partial charge on any atom is -0.379 e. The van der Waals surface area contributed by atoms with Gasteiger partial charge in [0.25, 0.3) is 0 Å². The van der Waals surface area contributed by atoms with Crippen molar-refractivity contribution in [2.24, 2.45) is 0 Å². The van der Waals surface area contributed by atoms with E-state index in [9.17, 15) is 4.79 Å². The highest BCUT2D eigenvalue weighted by molar-refractivity contribution is 8.02. The molecule has 0 radical (unpaired) electrons. The lowest BCUT2D eigenvalue weighted by atomic mass is 10.3. The molecule has 22 heavy (non-hydrogen) atoms. The molecule has 0 aromatic carbocycles. The molecule has 1 aromatic heterocycles. The summed E-state index contributed by atoms with van der Waals surface area (Å²) in [7, 11) is 1.64. The monoisotopic (exact) mass is 345 g/mol. The highest BCUT2D eigenvalue weighted by atomic mass is 32.2.